The number of pyridine rings is 1. The molecule has 0 spiro atoms. The van der Waals surface area contributed by atoms with E-state index in [-0.39, 0.29) is 17.5 Å². The zero-order chi connectivity index (χ0) is 20.5. The van der Waals surface area contributed by atoms with Crippen LogP contribution in [-0.2, 0) is 6.42 Å². The number of fused-ring (bicyclic) bond motifs is 2. The van der Waals surface area contributed by atoms with E-state index in [1.807, 2.05) is 24.3 Å². The van der Waals surface area contributed by atoms with Crippen LogP contribution >= 0.6 is 0 Å². The van der Waals surface area contributed by atoms with E-state index in [0.29, 0.717) is 5.92 Å². The van der Waals surface area contributed by atoms with Crippen molar-refractivity contribution in [2.24, 2.45) is 5.92 Å². The van der Waals surface area contributed by atoms with Crippen molar-refractivity contribution in [1.29, 1.82) is 5.26 Å². The van der Waals surface area contributed by atoms with E-state index in [0.717, 1.165) is 35.9 Å². The molecule has 148 valence electrons. The van der Waals surface area contributed by atoms with Gasteiger partial charge in [0.1, 0.15) is 0 Å². The number of benzene rings is 2. The molecule has 0 radical (unpaired) electrons. The van der Waals surface area contributed by atoms with Gasteiger partial charge in [0.25, 0.3) is 0 Å². The number of H-pyrrole nitrogens is 1. The number of nitrogens with zero attached hydrogens (tertiary/aromatic N) is 1. The lowest BCUT2D eigenvalue weighted by Crippen LogP contribution is -2.29. The van der Waals surface area contributed by atoms with Crippen LogP contribution in [0, 0.1) is 24.2 Å². The Balaban J connectivity index is 1.84. The Labute approximate surface area is 171 Å². The summed E-state index contributed by atoms with van der Waals surface area (Å²) in [6.45, 7) is 6.64. The highest BCUT2D eigenvalue weighted by molar-refractivity contribution is 5.91. The molecule has 1 aromatic heterocycles. The summed E-state index contributed by atoms with van der Waals surface area (Å²) in [5, 5.41) is 14.6. The Morgan fingerprint density at radius 1 is 1.17 bits per heavy atom. The van der Waals surface area contributed by atoms with Crippen molar-refractivity contribution in [3.05, 3.63) is 75.1 Å². The number of rotatable bonds is 4. The van der Waals surface area contributed by atoms with Gasteiger partial charge in [-0.15, -0.1) is 0 Å². The van der Waals surface area contributed by atoms with Crippen LogP contribution in [0.2, 0.25) is 0 Å². The van der Waals surface area contributed by atoms with Gasteiger partial charge < -0.3 is 10.3 Å². The van der Waals surface area contributed by atoms with E-state index < -0.39 is 0 Å². The number of nitrogens with one attached hydrogen (secondary N) is 2. The quantitative estimate of drug-likeness (QED) is 0.615. The Morgan fingerprint density at radius 2 is 2.00 bits per heavy atom. The number of anilines is 1. The minimum Gasteiger partial charge on any atom is -0.376 e. The second-order valence-electron chi connectivity index (χ2n) is 7.99. The first kappa shape index (κ1) is 19.3. The lowest BCUT2D eigenvalue weighted by atomic mass is 9.71. The zero-order valence-corrected chi connectivity index (χ0v) is 17.3. The molecule has 2 aromatic carbocycles. The average molecular weight is 386 g/mol. The summed E-state index contributed by atoms with van der Waals surface area (Å²) in [5.41, 5.74) is 7.07. The topological polar surface area (TPSA) is 68.7 Å². The maximum Gasteiger partial charge on any atom is 0.248 e. The molecule has 29 heavy (non-hydrogen) atoms. The summed E-state index contributed by atoms with van der Waals surface area (Å²) in [6.07, 6.45) is 2.93. The zero-order valence-electron chi connectivity index (χ0n) is 17.3. The number of hydrogen-bond donors (Lipinski definition) is 2. The second-order valence-corrected chi connectivity index (χ2v) is 7.99. The molecule has 1 heterocycles. The van der Waals surface area contributed by atoms with Crippen molar-refractivity contribution in [3.8, 4) is 6.07 Å². The smallest absolute Gasteiger partial charge is 0.248 e. The average Bonchev–Trinajstić information content (AvgIpc) is 2.74. The van der Waals surface area contributed by atoms with Crippen LogP contribution in [0.4, 0.5) is 5.69 Å². The Morgan fingerprint density at radius 3 is 2.72 bits per heavy atom. The van der Waals surface area contributed by atoms with Gasteiger partial charge in [-0.05, 0) is 72.6 Å². The van der Waals surface area contributed by atoms with Crippen LogP contribution in [0.1, 0.15) is 60.9 Å². The van der Waals surface area contributed by atoms with Gasteiger partial charge in [0, 0.05) is 17.1 Å². The lowest BCUT2D eigenvalue weighted by Gasteiger charge is -2.37. The summed E-state index contributed by atoms with van der Waals surface area (Å²) in [4.78, 5) is 14.6. The molecule has 1 aliphatic carbocycles. The highest BCUT2D eigenvalue weighted by Gasteiger charge is 2.36. The van der Waals surface area contributed by atoms with E-state index in [1.165, 1.54) is 22.3 Å². The summed E-state index contributed by atoms with van der Waals surface area (Å²) < 4.78 is 0. The molecule has 0 bridgehead atoms. The Kier molecular flexibility index (Phi) is 5.15. The van der Waals surface area contributed by atoms with Crippen molar-refractivity contribution in [2.75, 3.05) is 5.32 Å². The molecule has 3 aromatic rings. The van der Waals surface area contributed by atoms with Crippen LogP contribution < -0.4 is 10.9 Å². The monoisotopic (exact) mass is 385 g/mol. The largest absolute Gasteiger partial charge is 0.376 e. The number of hydrogen-bond acceptors (Lipinski definition) is 3. The van der Waals surface area contributed by atoms with Gasteiger partial charge in [0.05, 0.1) is 23.5 Å². The Hall–Kier alpha value is -3.06. The first-order chi connectivity index (χ1) is 14.1. The van der Waals surface area contributed by atoms with Gasteiger partial charge in [0.2, 0.25) is 5.56 Å². The van der Waals surface area contributed by atoms with E-state index in [9.17, 15) is 10.1 Å². The fraction of sp³-hybridized carbons (Fsp3) is 0.360. The van der Waals surface area contributed by atoms with Crippen LogP contribution in [0.25, 0.3) is 10.9 Å². The molecule has 0 saturated carbocycles. The van der Waals surface area contributed by atoms with Crippen molar-refractivity contribution < 1.29 is 0 Å². The van der Waals surface area contributed by atoms with E-state index >= 15 is 0 Å². The normalized spacial score (nSPS) is 20.8. The summed E-state index contributed by atoms with van der Waals surface area (Å²) >= 11 is 0. The molecule has 1 aliphatic rings. The van der Waals surface area contributed by atoms with Crippen molar-refractivity contribution in [2.45, 2.75) is 52.0 Å². The van der Waals surface area contributed by atoms with Crippen molar-refractivity contribution in [3.63, 3.8) is 0 Å². The summed E-state index contributed by atoms with van der Waals surface area (Å²) in [5.74, 6) is 0.320. The number of aromatic nitrogens is 1. The molecule has 4 heteroatoms. The molecule has 2 N–H and O–H groups in total. The molecule has 4 nitrogen and oxygen atoms in total. The predicted molar refractivity (Wildman–Crippen MR) is 118 cm³/mol. The highest BCUT2D eigenvalue weighted by Crippen LogP contribution is 2.46. The van der Waals surface area contributed by atoms with Gasteiger partial charge >= 0.3 is 0 Å². The van der Waals surface area contributed by atoms with Crippen molar-refractivity contribution >= 4 is 16.6 Å². The van der Waals surface area contributed by atoms with Gasteiger partial charge in [0.15, 0.2) is 0 Å². The van der Waals surface area contributed by atoms with E-state index in [4.69, 9.17) is 0 Å². The first-order valence-electron chi connectivity index (χ1n) is 10.5. The van der Waals surface area contributed by atoms with Gasteiger partial charge in [-0.1, -0.05) is 32.0 Å². The highest BCUT2D eigenvalue weighted by atomic mass is 16.1. The third-order valence-corrected chi connectivity index (χ3v) is 6.46. The van der Waals surface area contributed by atoms with Crippen molar-refractivity contribution in [1.82, 2.24) is 4.98 Å². The van der Waals surface area contributed by atoms with Crippen LogP contribution in [0.5, 0.6) is 0 Å². The molecule has 4 rings (SSSR count). The fourth-order valence-corrected chi connectivity index (χ4v) is 4.92. The number of aromatic amines is 1. The minimum absolute atomic E-state index is 0.0695. The SMILES string of the molecule is CCc1ccc2c(c1C)C(CC)CC(C#N)C2Nc1cccc2[nH]c(=O)ccc12. The molecular formula is C25H27N3O. The van der Waals surface area contributed by atoms with Crippen LogP contribution in [0.15, 0.2) is 47.3 Å². The summed E-state index contributed by atoms with van der Waals surface area (Å²) in [7, 11) is 0. The van der Waals surface area contributed by atoms with Gasteiger partial charge in [-0.2, -0.15) is 5.26 Å². The first-order valence-corrected chi connectivity index (χ1v) is 10.5. The standard InChI is InChI=1S/C25H27N3O/c1-4-16-9-10-20-24(15(16)3)17(5-2)13-18(14-26)25(20)28-22-8-6-7-21-19(22)11-12-23(29)27-21/h6-12,17-18,25,28H,4-5,13H2,1-3H3,(H,27,29). The molecule has 0 saturated heterocycles. The second kappa shape index (κ2) is 7.75. The van der Waals surface area contributed by atoms with Gasteiger partial charge in [-0.25, -0.2) is 0 Å². The van der Waals surface area contributed by atoms with E-state index in [1.54, 1.807) is 6.07 Å². The van der Waals surface area contributed by atoms with E-state index in [2.05, 4.69) is 49.3 Å². The van der Waals surface area contributed by atoms with Crippen LogP contribution in [-0.4, -0.2) is 4.98 Å². The lowest BCUT2D eigenvalue weighted by molar-refractivity contribution is 0.418. The minimum atomic E-state index is -0.110. The Bertz CT molecular complexity index is 1150. The third-order valence-electron chi connectivity index (χ3n) is 6.46. The van der Waals surface area contributed by atoms with Gasteiger partial charge in [-0.3, -0.25) is 4.79 Å². The molecule has 0 fully saturated rings. The molecule has 0 amide bonds. The fourth-order valence-electron chi connectivity index (χ4n) is 4.92. The third kappa shape index (κ3) is 3.31. The maximum absolute atomic E-state index is 11.7. The number of nitriles is 1. The molecule has 3 atom stereocenters. The molecular weight excluding hydrogens is 358 g/mol. The molecule has 0 aliphatic heterocycles. The number of aryl methyl sites for hydroxylation is 1. The maximum atomic E-state index is 11.7. The van der Waals surface area contributed by atoms with Crippen LogP contribution in [0.3, 0.4) is 0 Å². The predicted octanol–water partition coefficient (Wildman–Crippen LogP) is 5.59. The molecule has 3 unspecified atom stereocenters. The summed E-state index contributed by atoms with van der Waals surface area (Å²) in [6, 6.07) is 16.2.